The first-order chi connectivity index (χ1) is 32.7. The van der Waals surface area contributed by atoms with Crippen molar-refractivity contribution >= 4 is 17.6 Å². The van der Waals surface area contributed by atoms with Gasteiger partial charge >= 0.3 is 12.1 Å². The average molecular weight is 939 g/mol. The van der Waals surface area contributed by atoms with E-state index < -0.39 is 23.6 Å². The van der Waals surface area contributed by atoms with Gasteiger partial charge in [-0.1, -0.05) is 55.8 Å². The molecule has 1 N–H and O–H groups in total. The van der Waals surface area contributed by atoms with Gasteiger partial charge in [-0.3, -0.25) is 0 Å². The Balaban J connectivity index is 1.37. The third kappa shape index (κ3) is 13.4. The molecule has 16 nitrogen and oxygen atoms in total. The van der Waals surface area contributed by atoms with Crippen molar-refractivity contribution in [1.82, 2.24) is 24.5 Å². The molecule has 0 radical (unpaired) electrons. The summed E-state index contributed by atoms with van der Waals surface area (Å²) in [7, 11) is 7.91. The van der Waals surface area contributed by atoms with E-state index in [2.05, 4.69) is 6.92 Å². The lowest BCUT2D eigenvalue weighted by molar-refractivity contribution is 0.0278. The van der Waals surface area contributed by atoms with Crippen LogP contribution < -0.4 is 33.3 Å². The molecule has 0 bridgehead atoms. The highest BCUT2D eigenvalue weighted by atomic mass is 19.1. The molecule has 0 saturated carbocycles. The number of carbonyl (C=O) groups excluding carboxylic acids is 1. The number of imidazole rings is 1. The molecule has 6 rings (SSSR count). The number of aliphatic hydroxyl groups is 1. The molecule has 17 heteroatoms. The van der Waals surface area contributed by atoms with Crippen LogP contribution in [0.3, 0.4) is 0 Å². The Hall–Kier alpha value is -6.85. The number of aliphatic hydroxyl groups excluding tert-OH is 1. The quantitative estimate of drug-likeness (QED) is 0.0573. The molecule has 1 unspecified atom stereocenters. The molecule has 364 valence electrons. The Morgan fingerprint density at radius 2 is 1.46 bits per heavy atom. The summed E-state index contributed by atoms with van der Waals surface area (Å²) < 4.78 is 63.8. The molecule has 2 heterocycles. The molecule has 0 aliphatic carbocycles. The summed E-state index contributed by atoms with van der Waals surface area (Å²) in [5.41, 5.74) is 2.52. The van der Waals surface area contributed by atoms with Crippen molar-refractivity contribution in [3.8, 4) is 34.8 Å². The molecule has 4 aromatic carbocycles. The molecule has 0 fully saturated rings. The number of fused-ring (bicyclic) bond motifs is 1. The molecule has 0 aliphatic heterocycles. The van der Waals surface area contributed by atoms with Gasteiger partial charge in [0.1, 0.15) is 36.0 Å². The van der Waals surface area contributed by atoms with Crippen LogP contribution >= 0.6 is 0 Å². The molecule has 6 aromatic rings. The maximum Gasteiger partial charge on any atom is 0.410 e. The van der Waals surface area contributed by atoms with Gasteiger partial charge in [0, 0.05) is 38.2 Å². The van der Waals surface area contributed by atoms with Crippen LogP contribution in [0, 0.1) is 5.82 Å². The summed E-state index contributed by atoms with van der Waals surface area (Å²) in [6.07, 6.45) is 1.13. The lowest BCUT2D eigenvalue weighted by atomic mass is 10.1. The highest BCUT2D eigenvalue weighted by Crippen LogP contribution is 2.35. The van der Waals surface area contributed by atoms with Crippen LogP contribution in [-0.2, 0) is 29.2 Å². The molecular weight excluding hydrogens is 876 g/mol. The fourth-order valence-electron chi connectivity index (χ4n) is 7.34. The summed E-state index contributed by atoms with van der Waals surface area (Å²) in [5, 5.41) is 16.8. The molecule has 0 spiro atoms. The van der Waals surface area contributed by atoms with Crippen LogP contribution in [0.2, 0.25) is 0 Å². The number of rotatable bonds is 24. The van der Waals surface area contributed by atoms with Gasteiger partial charge in [-0.15, -0.1) is 5.10 Å². The molecular formula is C51H63FN6O10. The predicted octanol–water partition coefficient (Wildman–Crippen LogP) is 8.99. The van der Waals surface area contributed by atoms with E-state index in [1.165, 1.54) is 27.7 Å². The number of ether oxygens (including phenoxy) is 8. The number of hydrogen-bond donors (Lipinski definition) is 1. The number of methoxy groups -OCH3 is 4. The third-order valence-electron chi connectivity index (χ3n) is 10.8. The number of halogens is 1. The summed E-state index contributed by atoms with van der Waals surface area (Å²) in [5.74, 6) is 2.09. The smallest absolute Gasteiger partial charge is 0.410 e. The highest BCUT2D eigenvalue weighted by molar-refractivity contribution is 5.68. The second kappa shape index (κ2) is 23.7. The van der Waals surface area contributed by atoms with E-state index in [0.717, 1.165) is 23.1 Å². The average Bonchev–Trinajstić information content (AvgIpc) is 3.76. The van der Waals surface area contributed by atoms with E-state index in [9.17, 15) is 9.90 Å². The number of benzene rings is 4. The van der Waals surface area contributed by atoms with Crippen LogP contribution in [-0.4, -0.2) is 103 Å². The Morgan fingerprint density at radius 3 is 2.04 bits per heavy atom. The normalized spacial score (nSPS) is 12.3. The highest BCUT2D eigenvalue weighted by Gasteiger charge is 2.27. The first-order valence-electron chi connectivity index (χ1n) is 22.5. The van der Waals surface area contributed by atoms with Gasteiger partial charge in [0.25, 0.3) is 0 Å². The first-order valence-corrected chi connectivity index (χ1v) is 22.5. The zero-order chi connectivity index (χ0) is 48.8. The van der Waals surface area contributed by atoms with Crippen molar-refractivity contribution < 1.29 is 52.2 Å². The van der Waals surface area contributed by atoms with E-state index in [-0.39, 0.29) is 47.9 Å². The second-order valence-corrected chi connectivity index (χ2v) is 17.1. The number of hydrogen-bond acceptors (Lipinski definition) is 14. The Labute approximate surface area is 397 Å². The van der Waals surface area contributed by atoms with Gasteiger partial charge in [0.2, 0.25) is 0 Å². The fourth-order valence-corrected chi connectivity index (χ4v) is 7.34. The fraction of sp³-hybridized carbons (Fsp3) is 0.412. The van der Waals surface area contributed by atoms with Gasteiger partial charge < -0.3 is 52.8 Å². The molecule has 2 atom stereocenters. The number of likely N-dealkylation sites (N-methyl/N-ethyl adjacent to an activating group) is 1. The molecule has 68 heavy (non-hydrogen) atoms. The van der Waals surface area contributed by atoms with Crippen molar-refractivity contribution in [1.29, 1.82) is 0 Å². The van der Waals surface area contributed by atoms with Crippen LogP contribution in [0.5, 0.6) is 34.8 Å². The van der Waals surface area contributed by atoms with Gasteiger partial charge in [-0.2, -0.15) is 4.98 Å². The van der Waals surface area contributed by atoms with Crippen LogP contribution in [0.15, 0.2) is 91.1 Å². The van der Waals surface area contributed by atoms with Crippen LogP contribution in [0.25, 0.3) is 5.65 Å². The van der Waals surface area contributed by atoms with Crippen molar-refractivity contribution in [3.05, 3.63) is 125 Å². The molecule has 0 saturated heterocycles. The Kier molecular flexibility index (Phi) is 17.7. The Morgan fingerprint density at radius 1 is 0.809 bits per heavy atom. The largest absolute Gasteiger partial charge is 0.493 e. The number of nitrogens with zero attached hydrogens (tertiary/aromatic N) is 6. The third-order valence-corrected chi connectivity index (χ3v) is 10.8. The van der Waals surface area contributed by atoms with E-state index in [1.54, 1.807) is 62.3 Å². The number of anilines is 1. The summed E-state index contributed by atoms with van der Waals surface area (Å²) in [4.78, 5) is 25.6. The first kappa shape index (κ1) is 50.6. The maximum atomic E-state index is 16.0. The van der Waals surface area contributed by atoms with Gasteiger partial charge in [0.15, 0.2) is 34.5 Å². The number of amides is 1. The number of carbonyl (C=O) groups is 1. The monoisotopic (exact) mass is 938 g/mol. The van der Waals surface area contributed by atoms with Crippen molar-refractivity contribution in [2.45, 2.75) is 84.5 Å². The molecule has 1 amide bonds. The van der Waals surface area contributed by atoms with Crippen molar-refractivity contribution in [2.75, 3.05) is 60.1 Å². The van der Waals surface area contributed by atoms with Crippen LogP contribution in [0.4, 0.5) is 15.0 Å². The van der Waals surface area contributed by atoms with E-state index in [1.807, 2.05) is 71.6 Å². The standard InChI is InChI=1S/C51H63FN6O10/c1-10-14-37(23-25-65-33-34-15-12-11-13-16-34)67-49-54-48(57(31-35-17-21-42(61-6)44(27-35)63-8)32-36-18-22-43(62-7)45(28-36)64-9)47-53-30-41(58(47)55-49)46(59)39-20-19-38(29-40(39)52)66-26-24-56(5)50(60)68-51(2,3)4/h11-13,15-22,27-30,37,46,59H,10,14,23-26,31-33H2,1-9H3/t37-,46?/m1/s1. The minimum absolute atomic E-state index is 0.0191. The van der Waals surface area contributed by atoms with Crippen LogP contribution in [0.1, 0.15) is 81.0 Å². The van der Waals surface area contributed by atoms with Gasteiger partial charge in [-0.25, -0.2) is 18.7 Å². The minimum atomic E-state index is -1.53. The lowest BCUT2D eigenvalue weighted by Gasteiger charge is -2.26. The van der Waals surface area contributed by atoms with Gasteiger partial charge in [-0.05, 0) is 80.3 Å². The predicted molar refractivity (Wildman–Crippen MR) is 255 cm³/mol. The van der Waals surface area contributed by atoms with E-state index >= 15 is 4.39 Å². The van der Waals surface area contributed by atoms with Crippen molar-refractivity contribution in [2.24, 2.45) is 0 Å². The zero-order valence-electron chi connectivity index (χ0n) is 40.4. The molecule has 2 aromatic heterocycles. The zero-order valence-corrected chi connectivity index (χ0v) is 40.4. The van der Waals surface area contributed by atoms with E-state index in [4.69, 9.17) is 53.0 Å². The van der Waals surface area contributed by atoms with E-state index in [0.29, 0.717) is 68.0 Å². The SMILES string of the molecule is CCC[C@H](CCOCc1ccccc1)Oc1nc(N(Cc2ccc(OC)c(OC)c2)Cc2ccc(OC)c(OC)c2)c2ncc(C(O)c3ccc(OCCN(C)C(=O)OC(C)(C)C)cc3F)n2n1. The summed E-state index contributed by atoms with van der Waals surface area (Å²) in [6, 6.07) is 25.5. The second-order valence-electron chi connectivity index (χ2n) is 17.1. The van der Waals surface area contributed by atoms with Crippen molar-refractivity contribution in [3.63, 3.8) is 0 Å². The minimum Gasteiger partial charge on any atom is -0.493 e. The Bertz CT molecular complexity index is 2510. The topological polar surface area (TPSA) is 161 Å². The van der Waals surface area contributed by atoms with Gasteiger partial charge in [0.05, 0.1) is 60.1 Å². The maximum absolute atomic E-state index is 16.0. The summed E-state index contributed by atoms with van der Waals surface area (Å²) in [6.45, 7) is 9.17. The lowest BCUT2D eigenvalue weighted by Crippen LogP contribution is -2.36. The summed E-state index contributed by atoms with van der Waals surface area (Å²) >= 11 is 0. The number of aromatic nitrogens is 4. The molecule has 0 aliphatic rings.